The Balaban J connectivity index is 1.45. The fourth-order valence-electron chi connectivity index (χ4n) is 2.64. The van der Waals surface area contributed by atoms with Gasteiger partial charge in [0.15, 0.2) is 11.6 Å². The fraction of sp³-hybridized carbons (Fsp3) is 0.167. The molecule has 4 rings (SSSR count). The Bertz CT molecular complexity index is 1050. The molecule has 1 N–H and O–H groups in total. The van der Waals surface area contributed by atoms with Crippen LogP contribution < -0.4 is 0 Å². The van der Waals surface area contributed by atoms with E-state index in [1.54, 1.807) is 24.1 Å². The molecule has 7 nitrogen and oxygen atoms in total. The van der Waals surface area contributed by atoms with Gasteiger partial charge in [-0.15, -0.1) is 0 Å². The first-order valence-corrected chi connectivity index (χ1v) is 8.38. The highest BCUT2D eigenvalue weighted by Crippen LogP contribution is 2.25. The summed E-state index contributed by atoms with van der Waals surface area (Å²) in [5.74, 6) is 1.03. The van der Waals surface area contributed by atoms with Crippen molar-refractivity contribution in [2.45, 2.75) is 6.42 Å². The Morgan fingerprint density at radius 1 is 1.31 bits per heavy atom. The van der Waals surface area contributed by atoms with E-state index in [2.05, 4.69) is 15.1 Å². The molecule has 8 heteroatoms. The number of furan rings is 1. The Morgan fingerprint density at radius 3 is 3.00 bits per heavy atom. The highest BCUT2D eigenvalue weighted by atomic mass is 35.5. The topological polar surface area (TPSA) is 88.2 Å². The largest absolute Gasteiger partial charge is 0.459 e. The van der Waals surface area contributed by atoms with E-state index < -0.39 is 0 Å². The maximum atomic E-state index is 12.1. The number of benzene rings is 1. The lowest BCUT2D eigenvalue weighted by molar-refractivity contribution is 0.0764. The molecule has 0 saturated carbocycles. The SMILES string of the molecule is CN(CCc1noc(-c2cc3cc(Cl)ccc3[nH]2)n1)C(=O)c1ccco1. The third kappa shape index (κ3) is 3.21. The van der Waals surface area contributed by atoms with Crippen molar-refractivity contribution in [2.75, 3.05) is 13.6 Å². The molecule has 0 fully saturated rings. The summed E-state index contributed by atoms with van der Waals surface area (Å²) in [5, 5.41) is 5.61. The zero-order valence-corrected chi connectivity index (χ0v) is 14.7. The van der Waals surface area contributed by atoms with Crippen LogP contribution in [0.4, 0.5) is 0 Å². The second-order valence-corrected chi connectivity index (χ2v) is 6.32. The Labute approximate surface area is 153 Å². The number of fused-ring (bicyclic) bond motifs is 1. The van der Waals surface area contributed by atoms with Crippen LogP contribution in [0.5, 0.6) is 0 Å². The van der Waals surface area contributed by atoms with Crippen molar-refractivity contribution < 1.29 is 13.7 Å². The maximum Gasteiger partial charge on any atom is 0.289 e. The number of carbonyl (C=O) groups is 1. The van der Waals surface area contributed by atoms with Gasteiger partial charge in [0.25, 0.3) is 11.8 Å². The van der Waals surface area contributed by atoms with Crippen molar-refractivity contribution in [1.29, 1.82) is 0 Å². The molecule has 1 aromatic carbocycles. The summed E-state index contributed by atoms with van der Waals surface area (Å²) in [6.45, 7) is 0.445. The first-order chi connectivity index (χ1) is 12.6. The van der Waals surface area contributed by atoms with Crippen LogP contribution in [0.25, 0.3) is 22.5 Å². The first-order valence-electron chi connectivity index (χ1n) is 8.00. The molecule has 0 bridgehead atoms. The van der Waals surface area contributed by atoms with Crippen molar-refractivity contribution >= 4 is 28.4 Å². The third-order valence-corrected chi connectivity index (χ3v) is 4.27. The van der Waals surface area contributed by atoms with Gasteiger partial charge in [0, 0.05) is 35.9 Å². The molecule has 132 valence electrons. The van der Waals surface area contributed by atoms with E-state index in [1.165, 1.54) is 6.26 Å². The van der Waals surface area contributed by atoms with E-state index >= 15 is 0 Å². The molecule has 3 heterocycles. The minimum Gasteiger partial charge on any atom is -0.459 e. The first kappa shape index (κ1) is 16.4. The van der Waals surface area contributed by atoms with Gasteiger partial charge in [-0.05, 0) is 36.4 Å². The number of amides is 1. The van der Waals surface area contributed by atoms with Gasteiger partial charge in [-0.25, -0.2) is 0 Å². The standard InChI is InChI=1S/C18H15ClN4O3/c1-23(18(24)15-3-2-8-25-15)7-6-16-21-17(26-22-16)14-10-11-9-12(19)4-5-13(11)20-14/h2-5,8-10,20H,6-7H2,1H3. The van der Waals surface area contributed by atoms with Crippen LogP contribution in [0.1, 0.15) is 16.4 Å². The third-order valence-electron chi connectivity index (χ3n) is 4.03. The molecular weight excluding hydrogens is 356 g/mol. The smallest absolute Gasteiger partial charge is 0.289 e. The fourth-order valence-corrected chi connectivity index (χ4v) is 2.82. The summed E-state index contributed by atoms with van der Waals surface area (Å²) in [4.78, 5) is 21.3. The second kappa shape index (κ2) is 6.68. The van der Waals surface area contributed by atoms with Crippen LogP contribution in [0, 0.1) is 0 Å². The van der Waals surface area contributed by atoms with Gasteiger partial charge in [0.05, 0.1) is 6.26 Å². The average Bonchev–Trinajstić information content (AvgIpc) is 3.37. The lowest BCUT2D eigenvalue weighted by Gasteiger charge is -2.14. The van der Waals surface area contributed by atoms with Crippen molar-refractivity contribution in [3.8, 4) is 11.6 Å². The minimum atomic E-state index is -0.189. The highest BCUT2D eigenvalue weighted by Gasteiger charge is 2.16. The number of aromatic amines is 1. The number of aromatic nitrogens is 3. The number of carbonyl (C=O) groups excluding carboxylic acids is 1. The average molecular weight is 371 g/mol. The monoisotopic (exact) mass is 370 g/mol. The van der Waals surface area contributed by atoms with Gasteiger partial charge in [0.1, 0.15) is 5.69 Å². The van der Waals surface area contributed by atoms with E-state index in [0.29, 0.717) is 35.5 Å². The summed E-state index contributed by atoms with van der Waals surface area (Å²) in [5.41, 5.74) is 1.66. The number of rotatable bonds is 5. The highest BCUT2D eigenvalue weighted by molar-refractivity contribution is 6.31. The van der Waals surface area contributed by atoms with Gasteiger partial charge >= 0.3 is 0 Å². The summed E-state index contributed by atoms with van der Waals surface area (Å²) in [7, 11) is 1.70. The molecular formula is C18H15ClN4O3. The molecule has 1 amide bonds. The van der Waals surface area contributed by atoms with Gasteiger partial charge in [0.2, 0.25) is 0 Å². The summed E-state index contributed by atoms with van der Waals surface area (Å²) in [6, 6.07) is 10.8. The van der Waals surface area contributed by atoms with Crippen molar-refractivity contribution in [3.05, 3.63) is 59.3 Å². The molecule has 0 unspecified atom stereocenters. The number of nitrogens with one attached hydrogen (secondary N) is 1. The zero-order valence-electron chi connectivity index (χ0n) is 13.9. The molecule has 0 spiro atoms. The number of H-pyrrole nitrogens is 1. The van der Waals surface area contributed by atoms with Crippen LogP contribution in [0.2, 0.25) is 5.02 Å². The quantitative estimate of drug-likeness (QED) is 0.577. The maximum absolute atomic E-state index is 12.1. The number of halogens is 1. The van der Waals surface area contributed by atoms with Crippen LogP contribution in [-0.4, -0.2) is 39.5 Å². The van der Waals surface area contributed by atoms with Crippen molar-refractivity contribution in [1.82, 2.24) is 20.0 Å². The molecule has 3 aromatic heterocycles. The Morgan fingerprint density at radius 2 is 2.19 bits per heavy atom. The summed E-state index contributed by atoms with van der Waals surface area (Å²) < 4.78 is 10.4. The van der Waals surface area contributed by atoms with Gasteiger partial charge in [-0.2, -0.15) is 4.98 Å². The minimum absolute atomic E-state index is 0.189. The molecule has 0 aliphatic carbocycles. The van der Waals surface area contributed by atoms with Crippen molar-refractivity contribution in [3.63, 3.8) is 0 Å². The van der Waals surface area contributed by atoms with Gasteiger partial charge in [-0.1, -0.05) is 16.8 Å². The predicted octanol–water partition coefficient (Wildman–Crippen LogP) is 3.78. The van der Waals surface area contributed by atoms with E-state index in [0.717, 1.165) is 16.6 Å². The molecule has 0 radical (unpaired) electrons. The Hall–Kier alpha value is -3.06. The lowest BCUT2D eigenvalue weighted by Crippen LogP contribution is -2.28. The van der Waals surface area contributed by atoms with Crippen molar-refractivity contribution in [2.24, 2.45) is 0 Å². The molecule has 0 atom stereocenters. The van der Waals surface area contributed by atoms with E-state index in [9.17, 15) is 4.79 Å². The second-order valence-electron chi connectivity index (χ2n) is 5.88. The number of hydrogen-bond donors (Lipinski definition) is 1. The number of hydrogen-bond acceptors (Lipinski definition) is 5. The molecule has 0 aliphatic rings. The van der Waals surface area contributed by atoms with Crippen LogP contribution in [0.3, 0.4) is 0 Å². The molecule has 0 saturated heterocycles. The van der Waals surface area contributed by atoms with Crippen LogP contribution >= 0.6 is 11.6 Å². The molecule has 4 aromatic rings. The van der Waals surface area contributed by atoms with E-state index in [4.69, 9.17) is 20.5 Å². The number of likely N-dealkylation sites (N-methyl/N-ethyl adjacent to an activating group) is 1. The van der Waals surface area contributed by atoms with Crippen LogP contribution in [-0.2, 0) is 6.42 Å². The normalized spacial score (nSPS) is 11.2. The molecule has 0 aliphatic heterocycles. The predicted molar refractivity (Wildman–Crippen MR) is 96.0 cm³/mol. The Kier molecular flexibility index (Phi) is 4.22. The number of nitrogens with zero attached hydrogens (tertiary/aromatic N) is 3. The van der Waals surface area contributed by atoms with E-state index in [1.807, 2.05) is 24.3 Å². The summed E-state index contributed by atoms with van der Waals surface area (Å²) >= 11 is 6.01. The van der Waals surface area contributed by atoms with Gasteiger partial charge in [-0.3, -0.25) is 4.79 Å². The zero-order chi connectivity index (χ0) is 18.1. The van der Waals surface area contributed by atoms with Gasteiger partial charge < -0.3 is 18.8 Å². The molecule has 26 heavy (non-hydrogen) atoms. The lowest BCUT2D eigenvalue weighted by atomic mass is 10.2. The van der Waals surface area contributed by atoms with E-state index in [-0.39, 0.29) is 5.91 Å². The summed E-state index contributed by atoms with van der Waals surface area (Å²) in [6.07, 6.45) is 1.94. The van der Waals surface area contributed by atoms with Crippen LogP contribution in [0.15, 0.2) is 51.6 Å².